The molecule has 3 fully saturated rings. The highest BCUT2D eigenvalue weighted by atomic mass is 19.4. The Bertz CT molecular complexity index is 922. The summed E-state index contributed by atoms with van der Waals surface area (Å²) in [6.07, 6.45) is -0.839. The lowest BCUT2D eigenvalue weighted by Crippen LogP contribution is -2.52. The molecular formula is C20H20F3N3O2. The number of rotatable bonds is 3. The lowest BCUT2D eigenvalue weighted by atomic mass is 9.67. The minimum absolute atomic E-state index is 0.170. The number of halogens is 3. The van der Waals surface area contributed by atoms with Crippen LogP contribution < -0.4 is 5.73 Å². The third-order valence-corrected chi connectivity index (χ3v) is 5.39. The lowest BCUT2D eigenvalue weighted by molar-refractivity contribution is -0.137. The number of nitrogens with two attached hydrogens (primary N) is 1. The molecule has 0 radical (unpaired) electrons. The quantitative estimate of drug-likeness (QED) is 0.776. The molecule has 0 unspecified atom stereocenters. The zero-order chi connectivity index (χ0) is 20.1. The molecule has 1 saturated carbocycles. The molecule has 0 spiro atoms. The SMILES string of the molecule is Cc1cc(C(F)(F)F)cc(O)c1-c1ccc(C=NC23COCC(C2)C3)c(N)n1. The predicted octanol–water partition coefficient (Wildman–Crippen LogP) is 3.96. The molecule has 28 heavy (non-hydrogen) atoms. The van der Waals surface area contributed by atoms with Gasteiger partial charge in [-0.15, -0.1) is 0 Å². The fraction of sp³-hybridized carbons (Fsp3) is 0.400. The molecule has 3 N–H and O–H groups in total. The van der Waals surface area contributed by atoms with Gasteiger partial charge in [0.05, 0.1) is 23.4 Å². The van der Waals surface area contributed by atoms with Crippen LogP contribution in [-0.4, -0.2) is 35.1 Å². The highest BCUT2D eigenvalue weighted by Gasteiger charge is 2.47. The molecule has 0 amide bonds. The lowest BCUT2D eigenvalue weighted by Gasteiger charge is -2.49. The van der Waals surface area contributed by atoms with Crippen molar-refractivity contribution >= 4 is 12.0 Å². The van der Waals surface area contributed by atoms with E-state index in [9.17, 15) is 18.3 Å². The van der Waals surface area contributed by atoms with Crippen LogP contribution in [0.3, 0.4) is 0 Å². The van der Waals surface area contributed by atoms with Gasteiger partial charge in [-0.2, -0.15) is 13.2 Å². The van der Waals surface area contributed by atoms with Gasteiger partial charge < -0.3 is 15.6 Å². The maximum atomic E-state index is 12.9. The molecular weight excluding hydrogens is 371 g/mol. The highest BCUT2D eigenvalue weighted by Crippen LogP contribution is 2.45. The summed E-state index contributed by atoms with van der Waals surface area (Å²) in [5, 5.41) is 10.1. The fourth-order valence-electron chi connectivity index (χ4n) is 4.01. The van der Waals surface area contributed by atoms with Crippen LogP contribution in [0, 0.1) is 12.8 Å². The summed E-state index contributed by atoms with van der Waals surface area (Å²) in [7, 11) is 0. The van der Waals surface area contributed by atoms with Crippen molar-refractivity contribution in [3.63, 3.8) is 0 Å². The normalized spacial score (nSPS) is 24.4. The molecule has 2 bridgehead atoms. The van der Waals surface area contributed by atoms with Crippen LogP contribution in [0.5, 0.6) is 5.75 Å². The molecule has 1 aliphatic carbocycles. The van der Waals surface area contributed by atoms with Crippen molar-refractivity contribution in [2.45, 2.75) is 31.5 Å². The third-order valence-electron chi connectivity index (χ3n) is 5.39. The molecule has 2 aromatic rings. The Kier molecular flexibility index (Phi) is 4.33. The van der Waals surface area contributed by atoms with Gasteiger partial charge in [-0.05, 0) is 55.5 Å². The van der Waals surface area contributed by atoms with E-state index < -0.39 is 17.5 Å². The van der Waals surface area contributed by atoms with Gasteiger partial charge in [-0.1, -0.05) is 0 Å². The Hall–Kier alpha value is -2.61. The zero-order valence-corrected chi connectivity index (χ0v) is 15.3. The number of ether oxygens (including phenoxy) is 1. The van der Waals surface area contributed by atoms with E-state index in [0.29, 0.717) is 29.8 Å². The van der Waals surface area contributed by atoms with E-state index in [-0.39, 0.29) is 22.5 Å². The summed E-state index contributed by atoms with van der Waals surface area (Å²) in [5.41, 5.74) is 6.38. The number of aromatic hydroxyl groups is 1. The first-order chi connectivity index (χ1) is 13.2. The van der Waals surface area contributed by atoms with Crippen molar-refractivity contribution < 1.29 is 23.0 Å². The molecule has 0 atom stereocenters. The van der Waals surface area contributed by atoms with Crippen molar-refractivity contribution in [1.82, 2.24) is 4.98 Å². The Labute approximate surface area is 160 Å². The van der Waals surface area contributed by atoms with E-state index in [2.05, 4.69) is 9.98 Å². The largest absolute Gasteiger partial charge is 0.507 e. The highest BCUT2D eigenvalue weighted by molar-refractivity contribution is 5.87. The number of anilines is 1. The fourth-order valence-corrected chi connectivity index (χ4v) is 4.01. The number of hydrogen-bond donors (Lipinski definition) is 2. The molecule has 5 rings (SSSR count). The number of alkyl halides is 3. The van der Waals surface area contributed by atoms with Crippen molar-refractivity contribution in [3.05, 3.63) is 41.0 Å². The molecule has 5 nitrogen and oxygen atoms in total. The zero-order valence-electron chi connectivity index (χ0n) is 15.3. The smallest absolute Gasteiger partial charge is 0.416 e. The van der Waals surface area contributed by atoms with Crippen LogP contribution >= 0.6 is 0 Å². The Morgan fingerprint density at radius 1 is 1.32 bits per heavy atom. The minimum atomic E-state index is -4.53. The molecule has 1 aromatic carbocycles. The average Bonchev–Trinajstić information content (AvgIpc) is 2.59. The van der Waals surface area contributed by atoms with E-state index in [0.717, 1.165) is 25.5 Å². The summed E-state index contributed by atoms with van der Waals surface area (Å²) >= 11 is 0. The Balaban J connectivity index is 1.62. The van der Waals surface area contributed by atoms with Crippen molar-refractivity contribution in [2.75, 3.05) is 18.9 Å². The molecule has 3 heterocycles. The average molecular weight is 391 g/mol. The summed E-state index contributed by atoms with van der Waals surface area (Å²) in [4.78, 5) is 8.91. The number of phenols is 1. The number of nitrogen functional groups attached to an aromatic ring is 1. The Morgan fingerprint density at radius 2 is 2.07 bits per heavy atom. The topological polar surface area (TPSA) is 80.7 Å². The number of fused-ring (bicyclic) bond motifs is 2. The van der Waals surface area contributed by atoms with E-state index in [1.54, 1.807) is 18.3 Å². The first kappa shape index (κ1) is 18.7. The summed E-state index contributed by atoms with van der Waals surface area (Å²) in [6.45, 7) is 2.89. The number of aliphatic imine (C=N–C) groups is 1. The van der Waals surface area contributed by atoms with E-state index >= 15 is 0 Å². The number of hydrogen-bond acceptors (Lipinski definition) is 5. The molecule has 2 aliphatic heterocycles. The number of phenolic OH excluding ortho intramolecular Hbond substituents is 1. The van der Waals surface area contributed by atoms with Crippen LogP contribution in [-0.2, 0) is 10.9 Å². The van der Waals surface area contributed by atoms with E-state index in [1.807, 2.05) is 0 Å². The molecule has 1 aromatic heterocycles. The first-order valence-corrected chi connectivity index (χ1v) is 8.98. The number of nitrogens with zero attached hydrogens (tertiary/aromatic N) is 2. The van der Waals surface area contributed by atoms with Crippen LogP contribution in [0.15, 0.2) is 29.3 Å². The second-order valence-corrected chi connectivity index (χ2v) is 7.63. The molecule has 148 valence electrons. The molecule has 3 aliphatic rings. The third kappa shape index (κ3) is 3.32. The maximum absolute atomic E-state index is 12.9. The van der Waals surface area contributed by atoms with E-state index in [4.69, 9.17) is 10.5 Å². The summed E-state index contributed by atoms with van der Waals surface area (Å²) in [5.74, 6) is 0.290. The first-order valence-electron chi connectivity index (χ1n) is 8.98. The predicted molar refractivity (Wildman–Crippen MR) is 99.4 cm³/mol. The standard InChI is InChI=1S/C20H20F3N3O2/c1-11-4-14(20(21,22)23)5-16(27)17(11)15-3-2-13(18(24)26-15)8-25-19-6-12(7-19)9-28-10-19/h2-5,8,12,27H,6-7,9-10H2,1H3,(H2,24,26). The van der Waals surface area contributed by atoms with Gasteiger partial charge in [0.15, 0.2) is 0 Å². The number of aryl methyl sites for hydroxylation is 1. The monoisotopic (exact) mass is 391 g/mol. The van der Waals surface area contributed by atoms with Crippen molar-refractivity contribution in [1.29, 1.82) is 0 Å². The van der Waals surface area contributed by atoms with Gasteiger partial charge in [-0.3, -0.25) is 4.99 Å². The van der Waals surface area contributed by atoms with E-state index in [1.165, 1.54) is 6.92 Å². The minimum Gasteiger partial charge on any atom is -0.507 e. The number of pyridine rings is 1. The molecule has 2 saturated heterocycles. The number of aromatic nitrogens is 1. The van der Waals surface area contributed by atoms with Gasteiger partial charge in [0.2, 0.25) is 0 Å². The summed E-state index contributed by atoms with van der Waals surface area (Å²) < 4.78 is 44.2. The van der Waals surface area contributed by atoms with Crippen LogP contribution in [0.1, 0.15) is 29.5 Å². The second kappa shape index (κ2) is 6.48. The van der Waals surface area contributed by atoms with Crippen LogP contribution in [0.25, 0.3) is 11.3 Å². The van der Waals surface area contributed by atoms with Gasteiger partial charge in [0.1, 0.15) is 11.6 Å². The van der Waals surface area contributed by atoms with Crippen molar-refractivity contribution in [2.24, 2.45) is 10.9 Å². The van der Waals surface area contributed by atoms with Crippen molar-refractivity contribution in [3.8, 4) is 17.0 Å². The second-order valence-electron chi connectivity index (χ2n) is 7.63. The Morgan fingerprint density at radius 3 is 2.64 bits per heavy atom. The van der Waals surface area contributed by atoms with Gasteiger partial charge in [0, 0.05) is 23.9 Å². The van der Waals surface area contributed by atoms with Gasteiger partial charge in [0.25, 0.3) is 0 Å². The van der Waals surface area contributed by atoms with Crippen LogP contribution in [0.2, 0.25) is 0 Å². The van der Waals surface area contributed by atoms with Crippen LogP contribution in [0.4, 0.5) is 19.0 Å². The van der Waals surface area contributed by atoms with Gasteiger partial charge >= 0.3 is 6.18 Å². The van der Waals surface area contributed by atoms with Gasteiger partial charge in [-0.25, -0.2) is 4.98 Å². The molecule has 8 heteroatoms. The summed E-state index contributed by atoms with van der Waals surface area (Å²) in [6, 6.07) is 5.00. The number of benzene rings is 1. The maximum Gasteiger partial charge on any atom is 0.416 e.